The zero-order valence-corrected chi connectivity index (χ0v) is 17.2. The Labute approximate surface area is 171 Å². The number of hydrogen-bond donors (Lipinski definition) is 0. The maximum absolute atomic E-state index is 12.8. The van der Waals surface area contributed by atoms with Crippen molar-refractivity contribution in [1.29, 1.82) is 0 Å². The van der Waals surface area contributed by atoms with Gasteiger partial charge in [0.25, 0.3) is 5.91 Å². The first-order chi connectivity index (χ1) is 13.6. The van der Waals surface area contributed by atoms with Crippen molar-refractivity contribution in [1.82, 2.24) is 19.2 Å². The molecule has 7 heteroatoms. The summed E-state index contributed by atoms with van der Waals surface area (Å²) < 4.78 is 3.89. The van der Waals surface area contributed by atoms with E-state index >= 15 is 0 Å². The second-order valence-corrected chi connectivity index (χ2v) is 7.84. The highest BCUT2D eigenvalue weighted by Gasteiger charge is 2.29. The molecule has 1 fully saturated rings. The van der Waals surface area contributed by atoms with Gasteiger partial charge < -0.3 is 4.90 Å². The number of amides is 1. The van der Waals surface area contributed by atoms with Crippen LogP contribution in [0.4, 0.5) is 0 Å². The van der Waals surface area contributed by atoms with Gasteiger partial charge in [-0.3, -0.25) is 4.79 Å². The van der Waals surface area contributed by atoms with Crippen LogP contribution in [0.2, 0.25) is 0 Å². The third-order valence-corrected chi connectivity index (χ3v) is 5.91. The normalized spacial score (nSPS) is 15.0. The van der Waals surface area contributed by atoms with Gasteiger partial charge in [-0.25, -0.2) is 14.0 Å². The first-order valence-corrected chi connectivity index (χ1v) is 10.1. The van der Waals surface area contributed by atoms with Gasteiger partial charge in [0, 0.05) is 30.5 Å². The third kappa shape index (κ3) is 3.42. The monoisotopic (exact) mass is 440 g/mol. The summed E-state index contributed by atoms with van der Waals surface area (Å²) in [4.78, 5) is 27.3. The van der Waals surface area contributed by atoms with Crippen LogP contribution in [0.5, 0.6) is 0 Å². The predicted molar refractivity (Wildman–Crippen MR) is 111 cm³/mol. The van der Waals surface area contributed by atoms with Crippen molar-refractivity contribution in [2.75, 3.05) is 13.1 Å². The molecular formula is C21H21BrN4O2. The number of rotatable bonds is 3. The second-order valence-electron chi connectivity index (χ2n) is 6.98. The van der Waals surface area contributed by atoms with Gasteiger partial charge in [-0.05, 0) is 53.0 Å². The minimum Gasteiger partial charge on any atom is -0.339 e. The fraction of sp³-hybridized carbons (Fsp3) is 0.286. The molecule has 0 N–H and O–H groups in total. The van der Waals surface area contributed by atoms with Gasteiger partial charge in [0.15, 0.2) is 0 Å². The number of likely N-dealkylation sites (tertiary alicyclic amines) is 1. The van der Waals surface area contributed by atoms with Crippen molar-refractivity contribution in [2.45, 2.75) is 18.8 Å². The van der Waals surface area contributed by atoms with E-state index in [1.807, 2.05) is 59.5 Å². The fourth-order valence-electron chi connectivity index (χ4n) is 3.71. The van der Waals surface area contributed by atoms with Gasteiger partial charge in [-0.15, -0.1) is 0 Å². The van der Waals surface area contributed by atoms with Gasteiger partial charge in [0.1, 0.15) is 5.82 Å². The van der Waals surface area contributed by atoms with Gasteiger partial charge in [-0.1, -0.05) is 30.3 Å². The molecule has 1 aliphatic rings. The second kappa shape index (κ2) is 7.75. The molecule has 1 aromatic heterocycles. The Bertz CT molecular complexity index is 1050. The van der Waals surface area contributed by atoms with E-state index in [0.717, 1.165) is 28.8 Å². The van der Waals surface area contributed by atoms with E-state index in [2.05, 4.69) is 21.0 Å². The van der Waals surface area contributed by atoms with E-state index in [9.17, 15) is 9.59 Å². The Morgan fingerprint density at radius 2 is 1.68 bits per heavy atom. The van der Waals surface area contributed by atoms with Crippen LogP contribution in [0.3, 0.4) is 0 Å². The number of halogens is 1. The van der Waals surface area contributed by atoms with Crippen molar-refractivity contribution in [3.63, 3.8) is 0 Å². The van der Waals surface area contributed by atoms with E-state index in [-0.39, 0.29) is 17.5 Å². The number of benzene rings is 2. The molecule has 0 aliphatic carbocycles. The minimum atomic E-state index is -0.145. The minimum absolute atomic E-state index is 0.0346. The van der Waals surface area contributed by atoms with Gasteiger partial charge in [0.05, 0.1) is 11.3 Å². The summed E-state index contributed by atoms with van der Waals surface area (Å²) in [6.07, 6.45) is 1.55. The maximum atomic E-state index is 12.8. The molecule has 0 radical (unpaired) electrons. The molecule has 3 aromatic rings. The van der Waals surface area contributed by atoms with Crippen LogP contribution in [-0.4, -0.2) is 38.2 Å². The van der Waals surface area contributed by atoms with Crippen LogP contribution in [-0.2, 0) is 7.05 Å². The van der Waals surface area contributed by atoms with Crippen LogP contribution in [0.25, 0.3) is 5.69 Å². The molecule has 0 unspecified atom stereocenters. The van der Waals surface area contributed by atoms with Gasteiger partial charge in [0.2, 0.25) is 0 Å². The smallest absolute Gasteiger partial charge is 0.339 e. The highest BCUT2D eigenvalue weighted by Crippen LogP contribution is 2.29. The molecule has 1 amide bonds. The Kier molecular flexibility index (Phi) is 5.17. The highest BCUT2D eigenvalue weighted by molar-refractivity contribution is 9.10. The van der Waals surface area contributed by atoms with Crippen LogP contribution >= 0.6 is 15.9 Å². The topological polar surface area (TPSA) is 60.1 Å². The molecule has 1 aliphatic heterocycles. The van der Waals surface area contributed by atoms with E-state index in [1.165, 1.54) is 4.68 Å². The summed E-state index contributed by atoms with van der Waals surface area (Å²) in [6.45, 7) is 1.29. The summed E-state index contributed by atoms with van der Waals surface area (Å²) >= 11 is 3.46. The molecule has 2 heterocycles. The summed E-state index contributed by atoms with van der Waals surface area (Å²) in [5.41, 5.74) is 1.36. The fourth-order valence-corrected chi connectivity index (χ4v) is 4.17. The predicted octanol–water partition coefficient (Wildman–Crippen LogP) is 3.35. The summed E-state index contributed by atoms with van der Waals surface area (Å²) in [6, 6.07) is 17.1. The van der Waals surface area contributed by atoms with Crippen LogP contribution in [0.15, 0.2) is 63.9 Å². The lowest BCUT2D eigenvalue weighted by Crippen LogP contribution is -2.38. The standard InChI is InChI=1S/C21H21BrN4O2/c1-24-21(28)26(16-7-3-2-4-8-16)19(23-24)15-11-13-25(14-12-15)20(27)17-9-5-6-10-18(17)22/h2-10,15H,11-14H2,1H3. The SMILES string of the molecule is Cn1nc(C2CCN(C(=O)c3ccccc3Br)CC2)n(-c2ccccc2)c1=O. The summed E-state index contributed by atoms with van der Waals surface area (Å²) in [5.74, 6) is 0.941. The van der Waals surface area contributed by atoms with Crippen molar-refractivity contribution >= 4 is 21.8 Å². The van der Waals surface area contributed by atoms with Crippen molar-refractivity contribution in [3.8, 4) is 5.69 Å². The first-order valence-electron chi connectivity index (χ1n) is 9.31. The highest BCUT2D eigenvalue weighted by atomic mass is 79.9. The largest absolute Gasteiger partial charge is 0.350 e. The zero-order valence-electron chi connectivity index (χ0n) is 15.6. The van der Waals surface area contributed by atoms with Crippen molar-refractivity contribution < 1.29 is 4.79 Å². The summed E-state index contributed by atoms with van der Waals surface area (Å²) in [7, 11) is 1.68. The molecule has 0 bridgehead atoms. The Balaban J connectivity index is 1.55. The molecule has 28 heavy (non-hydrogen) atoms. The van der Waals surface area contributed by atoms with Crippen molar-refractivity contribution in [2.24, 2.45) is 7.05 Å². The Morgan fingerprint density at radius 3 is 2.36 bits per heavy atom. The molecule has 6 nitrogen and oxygen atoms in total. The van der Waals surface area contributed by atoms with E-state index in [4.69, 9.17) is 0 Å². The maximum Gasteiger partial charge on any atom is 0.350 e. The van der Waals surface area contributed by atoms with Crippen LogP contribution in [0, 0.1) is 0 Å². The van der Waals surface area contributed by atoms with E-state index in [0.29, 0.717) is 18.7 Å². The van der Waals surface area contributed by atoms with Crippen LogP contribution < -0.4 is 5.69 Å². The molecule has 1 saturated heterocycles. The lowest BCUT2D eigenvalue weighted by atomic mass is 9.95. The average molecular weight is 441 g/mol. The summed E-state index contributed by atoms with van der Waals surface area (Å²) in [5, 5.41) is 4.51. The molecule has 0 atom stereocenters. The molecule has 4 rings (SSSR count). The quantitative estimate of drug-likeness (QED) is 0.627. The molecular weight excluding hydrogens is 420 g/mol. The molecule has 2 aromatic carbocycles. The molecule has 0 spiro atoms. The van der Waals surface area contributed by atoms with Gasteiger partial charge in [-0.2, -0.15) is 5.10 Å². The van der Waals surface area contributed by atoms with E-state index in [1.54, 1.807) is 11.6 Å². The van der Waals surface area contributed by atoms with E-state index < -0.39 is 0 Å². The number of piperidine rings is 1. The lowest BCUT2D eigenvalue weighted by molar-refractivity contribution is 0.0709. The number of aromatic nitrogens is 3. The number of aryl methyl sites for hydroxylation is 1. The number of nitrogens with zero attached hydrogens (tertiary/aromatic N) is 4. The molecule has 144 valence electrons. The number of para-hydroxylation sites is 1. The zero-order chi connectivity index (χ0) is 19.7. The first kappa shape index (κ1) is 18.7. The lowest BCUT2D eigenvalue weighted by Gasteiger charge is -2.31. The Morgan fingerprint density at radius 1 is 1.04 bits per heavy atom. The van der Waals surface area contributed by atoms with Crippen LogP contribution in [0.1, 0.15) is 34.9 Å². The third-order valence-electron chi connectivity index (χ3n) is 5.22. The Hall–Kier alpha value is -2.67. The number of carbonyl (C=O) groups is 1. The van der Waals surface area contributed by atoms with Gasteiger partial charge >= 0.3 is 5.69 Å². The average Bonchev–Trinajstić information content (AvgIpc) is 3.03. The molecule has 0 saturated carbocycles. The number of carbonyl (C=O) groups excluding carboxylic acids is 1. The van der Waals surface area contributed by atoms with Crippen molar-refractivity contribution in [3.05, 3.63) is 80.9 Å². The number of hydrogen-bond acceptors (Lipinski definition) is 3.